The first-order chi connectivity index (χ1) is 8.66. The quantitative estimate of drug-likeness (QED) is 0.884. The van der Waals surface area contributed by atoms with Crippen LogP contribution in [0.1, 0.15) is 12.5 Å². The standard InChI is InChI=1S/C14H20N2O2/c1-11-4-3-5-13(10-11)15-14(17)12(2)16-6-8-18-9-7-16/h3-5,10,12H,6-9H2,1-2H3,(H,15,17)/t12-/m1/s1. The molecule has 1 atom stereocenters. The van der Waals surface area contributed by atoms with Gasteiger partial charge in [0.25, 0.3) is 0 Å². The predicted molar refractivity (Wildman–Crippen MR) is 71.7 cm³/mol. The van der Waals surface area contributed by atoms with E-state index in [9.17, 15) is 4.79 Å². The largest absolute Gasteiger partial charge is 0.379 e. The zero-order chi connectivity index (χ0) is 13.0. The minimum absolute atomic E-state index is 0.0440. The van der Waals surface area contributed by atoms with Gasteiger partial charge < -0.3 is 10.1 Å². The molecular formula is C14H20N2O2. The molecule has 0 aliphatic carbocycles. The molecule has 0 aromatic heterocycles. The summed E-state index contributed by atoms with van der Waals surface area (Å²) < 4.78 is 5.29. The van der Waals surface area contributed by atoms with Gasteiger partial charge in [-0.3, -0.25) is 9.69 Å². The predicted octanol–water partition coefficient (Wildman–Crippen LogP) is 1.65. The number of nitrogens with zero attached hydrogens (tertiary/aromatic N) is 1. The molecule has 0 unspecified atom stereocenters. The van der Waals surface area contributed by atoms with Gasteiger partial charge in [-0.25, -0.2) is 0 Å². The summed E-state index contributed by atoms with van der Waals surface area (Å²) in [5, 5.41) is 2.96. The summed E-state index contributed by atoms with van der Waals surface area (Å²) >= 11 is 0. The average Bonchev–Trinajstić information content (AvgIpc) is 2.39. The Kier molecular flexibility index (Phi) is 4.33. The van der Waals surface area contributed by atoms with Crippen LogP contribution in [0.5, 0.6) is 0 Å². The van der Waals surface area contributed by atoms with E-state index in [-0.39, 0.29) is 11.9 Å². The van der Waals surface area contributed by atoms with Gasteiger partial charge in [-0.15, -0.1) is 0 Å². The van der Waals surface area contributed by atoms with Crippen LogP contribution in [0.2, 0.25) is 0 Å². The molecule has 1 saturated heterocycles. The van der Waals surface area contributed by atoms with Crippen molar-refractivity contribution in [2.24, 2.45) is 0 Å². The Morgan fingerprint density at radius 2 is 2.11 bits per heavy atom. The van der Waals surface area contributed by atoms with E-state index in [2.05, 4.69) is 10.2 Å². The molecule has 1 N–H and O–H groups in total. The molecule has 1 aromatic rings. The van der Waals surface area contributed by atoms with Crippen LogP contribution in [-0.2, 0) is 9.53 Å². The molecule has 18 heavy (non-hydrogen) atoms. The highest BCUT2D eigenvalue weighted by Crippen LogP contribution is 2.11. The first-order valence-corrected chi connectivity index (χ1v) is 6.36. The molecule has 1 amide bonds. The summed E-state index contributed by atoms with van der Waals surface area (Å²) in [6.07, 6.45) is 0. The smallest absolute Gasteiger partial charge is 0.241 e. The van der Waals surface area contributed by atoms with Gasteiger partial charge in [0.1, 0.15) is 0 Å². The van der Waals surface area contributed by atoms with Gasteiger partial charge in [0.05, 0.1) is 19.3 Å². The Morgan fingerprint density at radius 3 is 2.78 bits per heavy atom. The zero-order valence-corrected chi connectivity index (χ0v) is 11.0. The lowest BCUT2D eigenvalue weighted by Crippen LogP contribution is -2.47. The number of ether oxygens (including phenoxy) is 1. The highest BCUT2D eigenvalue weighted by atomic mass is 16.5. The number of anilines is 1. The minimum Gasteiger partial charge on any atom is -0.379 e. The normalized spacial score (nSPS) is 18.3. The molecule has 0 radical (unpaired) electrons. The summed E-state index contributed by atoms with van der Waals surface area (Å²) in [5.41, 5.74) is 2.01. The third kappa shape index (κ3) is 3.31. The number of rotatable bonds is 3. The lowest BCUT2D eigenvalue weighted by Gasteiger charge is -2.31. The number of nitrogens with one attached hydrogen (secondary N) is 1. The molecule has 1 fully saturated rings. The first-order valence-electron chi connectivity index (χ1n) is 6.36. The number of carbonyl (C=O) groups excluding carboxylic acids is 1. The van der Waals surface area contributed by atoms with Crippen molar-refractivity contribution in [2.45, 2.75) is 19.9 Å². The summed E-state index contributed by atoms with van der Waals surface area (Å²) in [4.78, 5) is 14.3. The molecule has 98 valence electrons. The number of benzene rings is 1. The summed E-state index contributed by atoms with van der Waals surface area (Å²) in [7, 11) is 0. The van der Waals surface area contributed by atoms with Gasteiger partial charge in [0.15, 0.2) is 0 Å². The van der Waals surface area contributed by atoms with Crippen molar-refractivity contribution in [3.05, 3.63) is 29.8 Å². The molecular weight excluding hydrogens is 228 g/mol. The van der Waals surface area contributed by atoms with Gasteiger partial charge in [-0.1, -0.05) is 12.1 Å². The molecule has 0 saturated carbocycles. The number of hydrogen-bond acceptors (Lipinski definition) is 3. The van der Waals surface area contributed by atoms with Crippen LogP contribution in [0.25, 0.3) is 0 Å². The molecule has 1 aliphatic heterocycles. The second-order valence-electron chi connectivity index (χ2n) is 4.68. The fourth-order valence-corrected chi connectivity index (χ4v) is 2.10. The topological polar surface area (TPSA) is 41.6 Å². The van der Waals surface area contributed by atoms with E-state index in [1.807, 2.05) is 38.1 Å². The summed E-state index contributed by atoms with van der Waals surface area (Å²) in [5.74, 6) is 0.0440. The van der Waals surface area contributed by atoms with Crippen molar-refractivity contribution >= 4 is 11.6 Å². The highest BCUT2D eigenvalue weighted by molar-refractivity contribution is 5.94. The third-order valence-corrected chi connectivity index (χ3v) is 3.26. The van der Waals surface area contributed by atoms with E-state index in [1.54, 1.807) is 0 Å². The lowest BCUT2D eigenvalue weighted by atomic mass is 10.2. The summed E-state index contributed by atoms with van der Waals surface area (Å²) in [6, 6.07) is 7.74. The molecule has 1 aliphatic rings. The monoisotopic (exact) mass is 248 g/mol. The Labute approximate surface area is 108 Å². The van der Waals surface area contributed by atoms with Crippen LogP contribution in [0.4, 0.5) is 5.69 Å². The second kappa shape index (κ2) is 5.98. The Hall–Kier alpha value is -1.39. The van der Waals surface area contributed by atoms with E-state index in [0.29, 0.717) is 13.2 Å². The Balaban J connectivity index is 1.94. The summed E-state index contributed by atoms with van der Waals surface area (Å²) in [6.45, 7) is 7.02. The van der Waals surface area contributed by atoms with E-state index < -0.39 is 0 Å². The van der Waals surface area contributed by atoms with E-state index in [4.69, 9.17) is 4.74 Å². The van der Waals surface area contributed by atoms with Gasteiger partial charge in [0, 0.05) is 18.8 Å². The fraction of sp³-hybridized carbons (Fsp3) is 0.500. The van der Waals surface area contributed by atoms with Gasteiger partial charge in [0.2, 0.25) is 5.91 Å². The molecule has 0 spiro atoms. The number of hydrogen-bond donors (Lipinski definition) is 1. The molecule has 1 aromatic carbocycles. The number of carbonyl (C=O) groups is 1. The SMILES string of the molecule is Cc1cccc(NC(=O)[C@@H](C)N2CCOCC2)c1. The number of amides is 1. The van der Waals surface area contributed by atoms with Crippen molar-refractivity contribution in [1.29, 1.82) is 0 Å². The molecule has 4 heteroatoms. The number of morpholine rings is 1. The van der Waals surface area contributed by atoms with Gasteiger partial charge >= 0.3 is 0 Å². The van der Waals surface area contributed by atoms with Crippen LogP contribution in [0.15, 0.2) is 24.3 Å². The Morgan fingerprint density at radius 1 is 1.39 bits per heavy atom. The van der Waals surface area contributed by atoms with Crippen molar-refractivity contribution < 1.29 is 9.53 Å². The minimum atomic E-state index is -0.116. The fourth-order valence-electron chi connectivity index (χ4n) is 2.10. The maximum Gasteiger partial charge on any atom is 0.241 e. The van der Waals surface area contributed by atoms with Crippen LogP contribution >= 0.6 is 0 Å². The second-order valence-corrected chi connectivity index (χ2v) is 4.68. The van der Waals surface area contributed by atoms with Crippen LogP contribution in [0.3, 0.4) is 0 Å². The van der Waals surface area contributed by atoms with E-state index >= 15 is 0 Å². The molecule has 1 heterocycles. The van der Waals surface area contributed by atoms with E-state index in [1.165, 1.54) is 0 Å². The van der Waals surface area contributed by atoms with Crippen LogP contribution in [-0.4, -0.2) is 43.2 Å². The zero-order valence-electron chi connectivity index (χ0n) is 11.0. The van der Waals surface area contributed by atoms with Crippen molar-refractivity contribution in [3.63, 3.8) is 0 Å². The van der Waals surface area contributed by atoms with Crippen LogP contribution < -0.4 is 5.32 Å². The third-order valence-electron chi connectivity index (χ3n) is 3.26. The lowest BCUT2D eigenvalue weighted by molar-refractivity contribution is -0.122. The van der Waals surface area contributed by atoms with Gasteiger partial charge in [-0.05, 0) is 31.5 Å². The van der Waals surface area contributed by atoms with Gasteiger partial charge in [-0.2, -0.15) is 0 Å². The van der Waals surface area contributed by atoms with Crippen molar-refractivity contribution in [1.82, 2.24) is 4.90 Å². The van der Waals surface area contributed by atoms with Crippen molar-refractivity contribution in [2.75, 3.05) is 31.6 Å². The average molecular weight is 248 g/mol. The highest BCUT2D eigenvalue weighted by Gasteiger charge is 2.22. The first kappa shape index (κ1) is 13.1. The maximum absolute atomic E-state index is 12.1. The molecule has 0 bridgehead atoms. The molecule has 4 nitrogen and oxygen atoms in total. The molecule has 2 rings (SSSR count). The van der Waals surface area contributed by atoms with E-state index in [0.717, 1.165) is 24.3 Å². The van der Waals surface area contributed by atoms with Crippen molar-refractivity contribution in [3.8, 4) is 0 Å². The van der Waals surface area contributed by atoms with Crippen LogP contribution in [0, 0.1) is 6.92 Å². The Bertz CT molecular complexity index is 414. The number of aryl methyl sites for hydroxylation is 1. The maximum atomic E-state index is 12.1.